The summed E-state index contributed by atoms with van der Waals surface area (Å²) >= 11 is 0. The van der Waals surface area contributed by atoms with Crippen molar-refractivity contribution in [3.05, 3.63) is 18.2 Å². The molecule has 5 heteroatoms. The van der Waals surface area contributed by atoms with Crippen molar-refractivity contribution >= 4 is 5.91 Å². The molecule has 2 heterocycles. The van der Waals surface area contributed by atoms with Crippen LogP contribution in [0.15, 0.2) is 12.4 Å². The van der Waals surface area contributed by atoms with E-state index in [2.05, 4.69) is 4.98 Å². The molecule has 1 aliphatic heterocycles. The maximum absolute atomic E-state index is 12.1. The van der Waals surface area contributed by atoms with Crippen molar-refractivity contribution in [2.45, 2.75) is 38.8 Å². The van der Waals surface area contributed by atoms with Crippen molar-refractivity contribution in [3.8, 4) is 0 Å². The molecule has 0 saturated carbocycles. The third-order valence-corrected chi connectivity index (χ3v) is 3.25. The first-order valence-corrected chi connectivity index (χ1v) is 6.29. The number of carbonyl (C=O) groups is 1. The fourth-order valence-corrected chi connectivity index (χ4v) is 2.24. The van der Waals surface area contributed by atoms with Crippen molar-refractivity contribution in [2.75, 3.05) is 13.1 Å². The number of aromatic nitrogens is 2. The van der Waals surface area contributed by atoms with E-state index in [9.17, 15) is 4.79 Å². The predicted octanol–water partition coefficient (Wildman–Crippen LogP) is 0.744. The number of nitrogens with two attached hydrogens (primary N) is 1. The van der Waals surface area contributed by atoms with Gasteiger partial charge in [-0.2, -0.15) is 0 Å². The Morgan fingerprint density at radius 1 is 1.29 bits per heavy atom. The number of hydrogen-bond acceptors (Lipinski definition) is 3. The number of rotatable bonds is 3. The average molecular weight is 236 g/mol. The molecule has 2 rings (SSSR count). The second-order valence-corrected chi connectivity index (χ2v) is 4.47. The summed E-state index contributed by atoms with van der Waals surface area (Å²) in [6.07, 6.45) is 8.24. The summed E-state index contributed by atoms with van der Waals surface area (Å²) in [5.74, 6) is 0.952. The van der Waals surface area contributed by atoms with E-state index in [4.69, 9.17) is 5.73 Å². The summed E-state index contributed by atoms with van der Waals surface area (Å²) in [4.78, 5) is 18.2. The van der Waals surface area contributed by atoms with Crippen molar-refractivity contribution in [2.24, 2.45) is 5.73 Å². The number of hydrogen-bond donors (Lipinski definition) is 1. The molecule has 0 aliphatic carbocycles. The van der Waals surface area contributed by atoms with E-state index in [1.807, 2.05) is 15.7 Å². The van der Waals surface area contributed by atoms with Crippen LogP contribution in [0, 0.1) is 0 Å². The third kappa shape index (κ3) is 3.06. The molecular formula is C12H20N4O. The highest BCUT2D eigenvalue weighted by Crippen LogP contribution is 2.10. The molecule has 1 amide bonds. The Balaban J connectivity index is 1.95. The van der Waals surface area contributed by atoms with Gasteiger partial charge in [0.15, 0.2) is 0 Å². The van der Waals surface area contributed by atoms with Crippen LogP contribution < -0.4 is 5.73 Å². The monoisotopic (exact) mass is 236 g/mol. The van der Waals surface area contributed by atoms with Crippen molar-refractivity contribution in [1.29, 1.82) is 0 Å². The molecule has 2 N–H and O–H groups in total. The maximum atomic E-state index is 12.1. The zero-order valence-electron chi connectivity index (χ0n) is 10.1. The van der Waals surface area contributed by atoms with Crippen LogP contribution in [0.25, 0.3) is 0 Å². The average Bonchev–Trinajstić information content (AvgIpc) is 2.62. The predicted molar refractivity (Wildman–Crippen MR) is 65.2 cm³/mol. The van der Waals surface area contributed by atoms with E-state index in [1.54, 1.807) is 6.20 Å². The number of nitrogens with zero attached hydrogens (tertiary/aromatic N) is 3. The van der Waals surface area contributed by atoms with Gasteiger partial charge in [0, 0.05) is 25.5 Å². The molecule has 0 bridgehead atoms. The molecule has 1 aromatic heterocycles. The highest BCUT2D eigenvalue weighted by molar-refractivity contribution is 5.76. The zero-order chi connectivity index (χ0) is 12.1. The number of amides is 1. The summed E-state index contributed by atoms with van der Waals surface area (Å²) in [7, 11) is 0. The lowest BCUT2D eigenvalue weighted by Crippen LogP contribution is -2.34. The Bertz CT molecular complexity index is 366. The first kappa shape index (κ1) is 12.1. The van der Waals surface area contributed by atoms with Gasteiger partial charge in [-0.3, -0.25) is 4.79 Å². The SMILES string of the molecule is NCc1nccn1CC(=O)N1CCCCCC1. The molecule has 5 nitrogen and oxygen atoms in total. The van der Waals surface area contributed by atoms with E-state index < -0.39 is 0 Å². The molecule has 0 unspecified atom stereocenters. The Hall–Kier alpha value is -1.36. The zero-order valence-corrected chi connectivity index (χ0v) is 10.1. The molecule has 94 valence electrons. The summed E-state index contributed by atoms with van der Waals surface area (Å²) in [6.45, 7) is 2.53. The largest absolute Gasteiger partial charge is 0.341 e. The third-order valence-electron chi connectivity index (χ3n) is 3.25. The van der Waals surface area contributed by atoms with Gasteiger partial charge in [-0.25, -0.2) is 4.98 Å². The molecule has 17 heavy (non-hydrogen) atoms. The van der Waals surface area contributed by atoms with Gasteiger partial charge >= 0.3 is 0 Å². The van der Waals surface area contributed by atoms with Crippen LogP contribution in [0.4, 0.5) is 0 Å². The van der Waals surface area contributed by atoms with Gasteiger partial charge in [0.25, 0.3) is 0 Å². The van der Waals surface area contributed by atoms with Crippen LogP contribution in [-0.2, 0) is 17.9 Å². The summed E-state index contributed by atoms with van der Waals surface area (Å²) in [5, 5.41) is 0. The quantitative estimate of drug-likeness (QED) is 0.842. The van der Waals surface area contributed by atoms with Gasteiger partial charge < -0.3 is 15.2 Å². The Morgan fingerprint density at radius 3 is 2.65 bits per heavy atom. The minimum Gasteiger partial charge on any atom is -0.341 e. The van der Waals surface area contributed by atoms with E-state index in [-0.39, 0.29) is 5.91 Å². The number of imidazole rings is 1. The summed E-state index contributed by atoms with van der Waals surface area (Å²) < 4.78 is 1.84. The fourth-order valence-electron chi connectivity index (χ4n) is 2.24. The molecule has 1 aromatic rings. The van der Waals surface area contributed by atoms with Gasteiger partial charge in [0.05, 0.1) is 6.54 Å². The van der Waals surface area contributed by atoms with Gasteiger partial charge in [-0.1, -0.05) is 12.8 Å². The van der Waals surface area contributed by atoms with Crippen LogP contribution >= 0.6 is 0 Å². The van der Waals surface area contributed by atoms with Crippen LogP contribution in [0.1, 0.15) is 31.5 Å². The Kier molecular flexibility index (Phi) is 4.14. The van der Waals surface area contributed by atoms with Gasteiger partial charge in [-0.05, 0) is 12.8 Å². The minimum absolute atomic E-state index is 0.180. The Morgan fingerprint density at radius 2 is 2.00 bits per heavy atom. The highest BCUT2D eigenvalue weighted by Gasteiger charge is 2.16. The topological polar surface area (TPSA) is 64.1 Å². The molecule has 0 aromatic carbocycles. The molecule has 0 spiro atoms. The second-order valence-electron chi connectivity index (χ2n) is 4.47. The smallest absolute Gasteiger partial charge is 0.242 e. The van der Waals surface area contributed by atoms with Crippen LogP contribution in [-0.4, -0.2) is 33.4 Å². The first-order valence-electron chi connectivity index (χ1n) is 6.29. The summed E-state index contributed by atoms with van der Waals surface area (Å²) in [5.41, 5.74) is 5.57. The van der Waals surface area contributed by atoms with Crippen LogP contribution in [0.2, 0.25) is 0 Å². The molecule has 1 fully saturated rings. The second kappa shape index (κ2) is 5.82. The van der Waals surface area contributed by atoms with E-state index in [1.165, 1.54) is 12.8 Å². The number of likely N-dealkylation sites (tertiary alicyclic amines) is 1. The lowest BCUT2D eigenvalue weighted by molar-refractivity contribution is -0.131. The molecule has 1 saturated heterocycles. The van der Waals surface area contributed by atoms with Crippen molar-refractivity contribution in [1.82, 2.24) is 14.5 Å². The fraction of sp³-hybridized carbons (Fsp3) is 0.667. The van der Waals surface area contributed by atoms with Crippen molar-refractivity contribution < 1.29 is 4.79 Å². The van der Waals surface area contributed by atoms with Crippen LogP contribution in [0.5, 0.6) is 0 Å². The maximum Gasteiger partial charge on any atom is 0.242 e. The Labute approximate surface area is 102 Å². The lowest BCUT2D eigenvalue weighted by Gasteiger charge is -2.20. The number of carbonyl (C=O) groups excluding carboxylic acids is 1. The van der Waals surface area contributed by atoms with E-state index in [0.29, 0.717) is 13.1 Å². The van der Waals surface area contributed by atoms with Gasteiger partial charge in [-0.15, -0.1) is 0 Å². The summed E-state index contributed by atoms with van der Waals surface area (Å²) in [6, 6.07) is 0. The highest BCUT2D eigenvalue weighted by atomic mass is 16.2. The van der Waals surface area contributed by atoms with E-state index >= 15 is 0 Å². The molecule has 0 radical (unpaired) electrons. The molecular weight excluding hydrogens is 216 g/mol. The van der Waals surface area contributed by atoms with Crippen molar-refractivity contribution in [3.63, 3.8) is 0 Å². The van der Waals surface area contributed by atoms with Crippen LogP contribution in [0.3, 0.4) is 0 Å². The molecule has 1 aliphatic rings. The first-order chi connectivity index (χ1) is 8.31. The minimum atomic E-state index is 0.180. The molecule has 0 atom stereocenters. The lowest BCUT2D eigenvalue weighted by atomic mass is 10.2. The van der Waals surface area contributed by atoms with Gasteiger partial charge in [0.2, 0.25) is 5.91 Å². The standard InChI is InChI=1S/C12H20N4O/c13-9-11-14-5-8-16(11)10-12(17)15-6-3-1-2-4-7-15/h5,8H,1-4,6-7,9-10,13H2. The van der Waals surface area contributed by atoms with E-state index in [0.717, 1.165) is 31.8 Å². The normalized spacial score (nSPS) is 16.9. The van der Waals surface area contributed by atoms with Gasteiger partial charge in [0.1, 0.15) is 12.4 Å².